The average Bonchev–Trinajstić information content (AvgIpc) is 2.27. The van der Waals surface area contributed by atoms with Crippen molar-refractivity contribution in [1.82, 2.24) is 5.32 Å². The molecule has 0 aliphatic carbocycles. The van der Waals surface area contributed by atoms with Crippen molar-refractivity contribution in [3.8, 4) is 0 Å². The fourth-order valence-corrected chi connectivity index (χ4v) is 1.82. The van der Waals surface area contributed by atoms with Crippen molar-refractivity contribution in [3.05, 3.63) is 0 Å². The summed E-state index contributed by atoms with van der Waals surface area (Å²) < 4.78 is 5.32. The van der Waals surface area contributed by atoms with Crippen molar-refractivity contribution >= 4 is 5.91 Å². The highest BCUT2D eigenvalue weighted by atomic mass is 16.5. The van der Waals surface area contributed by atoms with Crippen LogP contribution in [0.3, 0.4) is 0 Å². The lowest BCUT2D eigenvalue weighted by atomic mass is 9.82. The predicted molar refractivity (Wildman–Crippen MR) is 64.0 cm³/mol. The lowest BCUT2D eigenvalue weighted by Gasteiger charge is -2.33. The quantitative estimate of drug-likeness (QED) is 0.735. The molecule has 1 rings (SSSR count). The second kappa shape index (κ2) is 6.21. The molecule has 1 fully saturated rings. The van der Waals surface area contributed by atoms with Gasteiger partial charge in [-0.3, -0.25) is 4.79 Å². The van der Waals surface area contributed by atoms with Crippen LogP contribution in [0.1, 0.15) is 33.1 Å². The first-order chi connectivity index (χ1) is 7.56. The van der Waals surface area contributed by atoms with Gasteiger partial charge in [0.2, 0.25) is 5.91 Å². The first kappa shape index (κ1) is 13.5. The zero-order chi connectivity index (χ0) is 12.0. The Hall–Kier alpha value is -0.610. The van der Waals surface area contributed by atoms with Gasteiger partial charge in [0.15, 0.2) is 0 Å². The number of hydrogen-bond donors (Lipinski definition) is 2. The highest BCUT2D eigenvalue weighted by Crippen LogP contribution is 2.28. The van der Waals surface area contributed by atoms with Crippen LogP contribution in [-0.2, 0) is 9.53 Å². The zero-order valence-electron chi connectivity index (χ0n) is 10.4. The van der Waals surface area contributed by atoms with E-state index in [4.69, 9.17) is 10.5 Å². The maximum absolute atomic E-state index is 11.6. The molecule has 1 saturated heterocycles. The number of carbonyl (C=O) groups is 1. The van der Waals surface area contributed by atoms with Crippen LogP contribution < -0.4 is 11.1 Å². The lowest BCUT2D eigenvalue weighted by molar-refractivity contribution is -0.122. The summed E-state index contributed by atoms with van der Waals surface area (Å²) in [6.45, 7) is 7.15. The van der Waals surface area contributed by atoms with Crippen molar-refractivity contribution in [2.45, 2.75) is 33.1 Å². The Kier molecular flexibility index (Phi) is 5.22. The van der Waals surface area contributed by atoms with Crippen LogP contribution in [0.25, 0.3) is 0 Å². The molecule has 0 aromatic carbocycles. The van der Waals surface area contributed by atoms with Crippen LogP contribution in [0.15, 0.2) is 0 Å². The molecule has 1 atom stereocenters. The highest BCUT2D eigenvalue weighted by Gasteiger charge is 2.27. The molecule has 0 aromatic heterocycles. The number of ether oxygens (including phenoxy) is 1. The molecule has 1 aliphatic heterocycles. The van der Waals surface area contributed by atoms with Crippen LogP contribution in [0.2, 0.25) is 0 Å². The zero-order valence-corrected chi connectivity index (χ0v) is 10.4. The van der Waals surface area contributed by atoms with E-state index in [-0.39, 0.29) is 17.2 Å². The molecular formula is C12H24N2O2. The van der Waals surface area contributed by atoms with Gasteiger partial charge in [-0.25, -0.2) is 0 Å². The molecule has 0 aromatic rings. The molecule has 1 heterocycles. The van der Waals surface area contributed by atoms with Gasteiger partial charge in [-0.05, 0) is 30.7 Å². The summed E-state index contributed by atoms with van der Waals surface area (Å²) in [6.07, 6.45) is 2.59. The normalized spacial score (nSPS) is 21.4. The molecule has 16 heavy (non-hydrogen) atoms. The van der Waals surface area contributed by atoms with Crippen LogP contribution in [0.4, 0.5) is 0 Å². The third kappa shape index (κ3) is 4.49. The van der Waals surface area contributed by atoms with E-state index in [0.717, 1.165) is 32.6 Å². The average molecular weight is 228 g/mol. The standard InChI is InChI=1S/C12H24N2O2/c1-10(8-13)7-11(15)14-9-12(2)3-5-16-6-4-12/h10H,3-9,13H2,1-2H3,(H,14,15). The number of hydrogen-bond acceptors (Lipinski definition) is 3. The Labute approximate surface area is 97.9 Å². The van der Waals surface area contributed by atoms with Gasteiger partial charge in [-0.1, -0.05) is 13.8 Å². The molecule has 4 nitrogen and oxygen atoms in total. The summed E-state index contributed by atoms with van der Waals surface area (Å²) in [5, 5.41) is 3.01. The predicted octanol–water partition coefficient (Wildman–Crippen LogP) is 0.904. The van der Waals surface area contributed by atoms with E-state index < -0.39 is 0 Å². The Morgan fingerprint density at radius 1 is 1.50 bits per heavy atom. The SMILES string of the molecule is CC(CN)CC(=O)NCC1(C)CCOCC1. The largest absolute Gasteiger partial charge is 0.381 e. The maximum Gasteiger partial charge on any atom is 0.220 e. The van der Waals surface area contributed by atoms with E-state index in [9.17, 15) is 4.79 Å². The van der Waals surface area contributed by atoms with Crippen molar-refractivity contribution in [1.29, 1.82) is 0 Å². The number of carbonyl (C=O) groups excluding carboxylic acids is 1. The molecule has 0 spiro atoms. The summed E-state index contributed by atoms with van der Waals surface area (Å²) in [4.78, 5) is 11.6. The molecule has 4 heteroatoms. The van der Waals surface area contributed by atoms with E-state index in [1.54, 1.807) is 0 Å². The molecular weight excluding hydrogens is 204 g/mol. The number of amides is 1. The van der Waals surface area contributed by atoms with Crippen molar-refractivity contribution in [2.75, 3.05) is 26.3 Å². The van der Waals surface area contributed by atoms with Crippen molar-refractivity contribution < 1.29 is 9.53 Å². The smallest absolute Gasteiger partial charge is 0.220 e. The lowest BCUT2D eigenvalue weighted by Crippen LogP contribution is -2.40. The fourth-order valence-electron chi connectivity index (χ4n) is 1.82. The van der Waals surface area contributed by atoms with E-state index in [2.05, 4.69) is 12.2 Å². The van der Waals surface area contributed by atoms with Crippen molar-refractivity contribution in [2.24, 2.45) is 17.1 Å². The van der Waals surface area contributed by atoms with Gasteiger partial charge in [0.1, 0.15) is 0 Å². The van der Waals surface area contributed by atoms with Crippen LogP contribution in [0.5, 0.6) is 0 Å². The highest BCUT2D eigenvalue weighted by molar-refractivity contribution is 5.76. The Bertz CT molecular complexity index is 225. The van der Waals surface area contributed by atoms with Gasteiger partial charge in [0.05, 0.1) is 0 Å². The molecule has 3 N–H and O–H groups in total. The molecule has 0 bridgehead atoms. The van der Waals surface area contributed by atoms with Crippen LogP contribution in [0, 0.1) is 11.3 Å². The van der Waals surface area contributed by atoms with Gasteiger partial charge in [-0.15, -0.1) is 0 Å². The minimum Gasteiger partial charge on any atom is -0.381 e. The summed E-state index contributed by atoms with van der Waals surface area (Å²) >= 11 is 0. The number of nitrogens with two attached hydrogens (primary N) is 1. The number of nitrogens with one attached hydrogen (secondary N) is 1. The van der Waals surface area contributed by atoms with Gasteiger partial charge >= 0.3 is 0 Å². The van der Waals surface area contributed by atoms with Gasteiger partial charge in [-0.2, -0.15) is 0 Å². The minimum absolute atomic E-state index is 0.116. The third-order valence-electron chi connectivity index (χ3n) is 3.35. The molecule has 94 valence electrons. The summed E-state index contributed by atoms with van der Waals surface area (Å²) in [6, 6.07) is 0. The maximum atomic E-state index is 11.6. The second-order valence-electron chi connectivity index (χ2n) is 5.24. The van der Waals surface area contributed by atoms with Gasteiger partial charge in [0, 0.05) is 26.2 Å². The van der Waals surface area contributed by atoms with E-state index in [1.807, 2.05) is 6.92 Å². The summed E-state index contributed by atoms with van der Waals surface area (Å²) in [7, 11) is 0. The molecule has 1 unspecified atom stereocenters. The van der Waals surface area contributed by atoms with Crippen LogP contribution >= 0.6 is 0 Å². The summed E-state index contributed by atoms with van der Waals surface area (Å²) in [5.41, 5.74) is 5.70. The third-order valence-corrected chi connectivity index (χ3v) is 3.35. The Balaban J connectivity index is 2.24. The monoisotopic (exact) mass is 228 g/mol. The second-order valence-corrected chi connectivity index (χ2v) is 5.24. The fraction of sp³-hybridized carbons (Fsp3) is 0.917. The Morgan fingerprint density at radius 2 is 2.12 bits per heavy atom. The first-order valence-electron chi connectivity index (χ1n) is 6.10. The minimum atomic E-state index is 0.116. The molecule has 1 aliphatic rings. The van der Waals surface area contributed by atoms with Gasteiger partial charge < -0.3 is 15.8 Å². The van der Waals surface area contributed by atoms with Gasteiger partial charge in [0.25, 0.3) is 0 Å². The Morgan fingerprint density at radius 3 is 2.69 bits per heavy atom. The van der Waals surface area contributed by atoms with E-state index in [0.29, 0.717) is 13.0 Å². The molecule has 1 amide bonds. The first-order valence-corrected chi connectivity index (χ1v) is 6.10. The molecule has 0 radical (unpaired) electrons. The number of rotatable bonds is 5. The summed E-state index contributed by atoms with van der Waals surface area (Å²) in [5.74, 6) is 0.383. The van der Waals surface area contributed by atoms with E-state index in [1.165, 1.54) is 0 Å². The van der Waals surface area contributed by atoms with Crippen molar-refractivity contribution in [3.63, 3.8) is 0 Å². The van der Waals surface area contributed by atoms with Crippen LogP contribution in [-0.4, -0.2) is 32.2 Å². The van der Waals surface area contributed by atoms with E-state index >= 15 is 0 Å². The molecule has 0 saturated carbocycles. The topological polar surface area (TPSA) is 64.4 Å².